The molecule has 0 saturated heterocycles. The molecule has 0 aliphatic carbocycles. The smallest absolute Gasteiger partial charge is 0.269 e. The molecule has 9 nitrogen and oxygen atoms in total. The van der Waals surface area contributed by atoms with Crippen LogP contribution in [0, 0.1) is 10.1 Å². The van der Waals surface area contributed by atoms with Gasteiger partial charge >= 0.3 is 0 Å². The maximum Gasteiger partial charge on any atom is 0.269 e. The van der Waals surface area contributed by atoms with Crippen LogP contribution in [0.4, 0.5) is 16.5 Å². The number of anilines is 2. The molecule has 142 valence electrons. The molecule has 0 saturated carbocycles. The first-order valence-electron chi connectivity index (χ1n) is 7.82. The summed E-state index contributed by atoms with van der Waals surface area (Å²) in [5, 5.41) is 24.6. The lowest BCUT2D eigenvalue weighted by atomic mass is 10.2. The lowest BCUT2D eigenvalue weighted by Crippen LogP contribution is -2.15. The average molecular weight is 418 g/mol. The van der Waals surface area contributed by atoms with E-state index in [0.717, 1.165) is 11.3 Å². The fourth-order valence-electron chi connectivity index (χ4n) is 2.22. The molecule has 0 unspecified atom stereocenters. The molecular formula is C17H12ClN5O4S. The molecule has 1 aromatic heterocycles. The summed E-state index contributed by atoms with van der Waals surface area (Å²) in [5.41, 5.74) is 1.39. The van der Waals surface area contributed by atoms with Gasteiger partial charge in [0.1, 0.15) is 10.9 Å². The number of nitro groups is 1. The van der Waals surface area contributed by atoms with Crippen LogP contribution in [0.2, 0.25) is 0 Å². The fraction of sp³-hybridized carbons (Fsp3) is 0.0588. The van der Waals surface area contributed by atoms with Crippen LogP contribution in [0.25, 0.3) is 10.6 Å². The fourth-order valence-corrected chi connectivity index (χ4v) is 3.03. The summed E-state index contributed by atoms with van der Waals surface area (Å²) in [6, 6.07) is 12.2. The van der Waals surface area contributed by atoms with Crippen molar-refractivity contribution in [3.8, 4) is 10.6 Å². The van der Waals surface area contributed by atoms with Gasteiger partial charge in [0.25, 0.3) is 11.6 Å². The molecule has 11 heteroatoms. The van der Waals surface area contributed by atoms with Crippen LogP contribution in [0.5, 0.6) is 0 Å². The molecule has 3 aromatic rings. The van der Waals surface area contributed by atoms with Gasteiger partial charge in [-0.25, -0.2) is 0 Å². The van der Waals surface area contributed by atoms with Crippen molar-refractivity contribution in [2.24, 2.45) is 0 Å². The van der Waals surface area contributed by atoms with Gasteiger partial charge in [0.2, 0.25) is 11.0 Å². The number of rotatable bonds is 6. The van der Waals surface area contributed by atoms with Gasteiger partial charge in [0, 0.05) is 28.9 Å². The molecule has 2 aromatic carbocycles. The van der Waals surface area contributed by atoms with E-state index in [0.29, 0.717) is 21.8 Å². The maximum atomic E-state index is 12.4. The van der Waals surface area contributed by atoms with Gasteiger partial charge in [-0.05, 0) is 30.3 Å². The third kappa shape index (κ3) is 4.67. The van der Waals surface area contributed by atoms with Crippen molar-refractivity contribution in [3.63, 3.8) is 0 Å². The van der Waals surface area contributed by atoms with E-state index in [2.05, 4.69) is 20.8 Å². The third-order valence-corrected chi connectivity index (χ3v) is 4.63. The number of non-ortho nitro benzene ring substituents is 1. The summed E-state index contributed by atoms with van der Waals surface area (Å²) < 4.78 is 0. The molecule has 0 radical (unpaired) electrons. The standard InChI is InChI=1S/C17H12ClN5O4S/c18-9-14(24)19-12-3-1-2-11(8-12)15(25)20-17-22-21-16(28-17)10-4-6-13(7-5-10)23(26)27/h1-8H,9H2,(H,19,24)(H,20,22,25). The quantitative estimate of drug-likeness (QED) is 0.358. The maximum absolute atomic E-state index is 12.4. The highest BCUT2D eigenvalue weighted by Gasteiger charge is 2.13. The Morgan fingerprint density at radius 3 is 2.54 bits per heavy atom. The van der Waals surface area contributed by atoms with Crippen molar-refractivity contribution in [2.45, 2.75) is 0 Å². The van der Waals surface area contributed by atoms with Crippen LogP contribution in [0.3, 0.4) is 0 Å². The summed E-state index contributed by atoms with van der Waals surface area (Å²) in [7, 11) is 0. The number of alkyl halides is 1. The first kappa shape index (κ1) is 19.4. The molecular weight excluding hydrogens is 406 g/mol. The number of amides is 2. The minimum atomic E-state index is -0.487. The zero-order valence-electron chi connectivity index (χ0n) is 14.1. The summed E-state index contributed by atoms with van der Waals surface area (Å²) in [6.07, 6.45) is 0. The number of hydrogen-bond donors (Lipinski definition) is 2. The summed E-state index contributed by atoms with van der Waals surface area (Å²) in [5.74, 6) is -0.989. The normalized spacial score (nSPS) is 10.3. The van der Waals surface area contributed by atoms with Crippen LogP contribution in [0.1, 0.15) is 10.4 Å². The second-order valence-electron chi connectivity index (χ2n) is 5.43. The van der Waals surface area contributed by atoms with Crippen LogP contribution in [-0.4, -0.2) is 32.8 Å². The van der Waals surface area contributed by atoms with Gasteiger partial charge < -0.3 is 5.32 Å². The number of carbonyl (C=O) groups is 2. The van der Waals surface area contributed by atoms with Crippen LogP contribution in [-0.2, 0) is 4.79 Å². The topological polar surface area (TPSA) is 127 Å². The Balaban J connectivity index is 1.71. The molecule has 0 aliphatic heterocycles. The Morgan fingerprint density at radius 2 is 1.86 bits per heavy atom. The third-order valence-electron chi connectivity index (χ3n) is 3.50. The van der Waals surface area contributed by atoms with Gasteiger partial charge in [0.05, 0.1) is 4.92 Å². The number of halogens is 1. The van der Waals surface area contributed by atoms with Gasteiger partial charge in [-0.1, -0.05) is 17.4 Å². The minimum absolute atomic E-state index is 0.0251. The number of hydrogen-bond acceptors (Lipinski definition) is 7. The Bertz CT molecular complexity index is 1040. The van der Waals surface area contributed by atoms with Crippen LogP contribution < -0.4 is 10.6 Å². The predicted molar refractivity (Wildman–Crippen MR) is 106 cm³/mol. The van der Waals surface area contributed by atoms with Crippen LogP contribution >= 0.6 is 22.9 Å². The molecule has 0 fully saturated rings. The van der Waals surface area contributed by atoms with Gasteiger partial charge in [-0.2, -0.15) is 0 Å². The van der Waals surface area contributed by atoms with Gasteiger partial charge in [-0.3, -0.25) is 25.0 Å². The number of carbonyl (C=O) groups excluding carboxylic acids is 2. The highest BCUT2D eigenvalue weighted by molar-refractivity contribution is 7.18. The predicted octanol–water partition coefficient (Wildman–Crippen LogP) is 3.54. The van der Waals surface area contributed by atoms with E-state index in [1.807, 2.05) is 0 Å². The van der Waals surface area contributed by atoms with E-state index in [9.17, 15) is 19.7 Å². The summed E-state index contributed by atoms with van der Waals surface area (Å²) >= 11 is 6.58. The molecule has 1 heterocycles. The number of nitro benzene ring substituents is 1. The summed E-state index contributed by atoms with van der Waals surface area (Å²) in [4.78, 5) is 34.0. The average Bonchev–Trinajstić information content (AvgIpc) is 3.16. The van der Waals surface area contributed by atoms with E-state index in [1.54, 1.807) is 30.3 Å². The lowest BCUT2D eigenvalue weighted by molar-refractivity contribution is -0.384. The van der Waals surface area contributed by atoms with Crippen molar-refractivity contribution in [1.82, 2.24) is 10.2 Å². The highest BCUT2D eigenvalue weighted by atomic mass is 35.5. The highest BCUT2D eigenvalue weighted by Crippen LogP contribution is 2.28. The SMILES string of the molecule is O=C(CCl)Nc1cccc(C(=O)Nc2nnc(-c3ccc([N+](=O)[O-])cc3)s2)c1. The first-order valence-corrected chi connectivity index (χ1v) is 9.17. The summed E-state index contributed by atoms with van der Waals surface area (Å²) in [6.45, 7) is 0. The Labute approximate surface area is 167 Å². The molecule has 3 rings (SSSR count). The van der Waals surface area contributed by atoms with Crippen molar-refractivity contribution >= 4 is 51.3 Å². The van der Waals surface area contributed by atoms with Gasteiger partial charge in [0.15, 0.2) is 0 Å². The lowest BCUT2D eigenvalue weighted by Gasteiger charge is -2.05. The number of nitrogens with zero attached hydrogens (tertiary/aromatic N) is 3. The monoisotopic (exact) mass is 417 g/mol. The van der Waals surface area contributed by atoms with Crippen molar-refractivity contribution < 1.29 is 14.5 Å². The number of benzene rings is 2. The van der Waals surface area contributed by atoms with Gasteiger partial charge in [-0.15, -0.1) is 21.8 Å². The largest absolute Gasteiger partial charge is 0.325 e. The number of nitrogens with one attached hydrogen (secondary N) is 2. The van der Waals surface area contributed by atoms with Crippen molar-refractivity contribution in [1.29, 1.82) is 0 Å². The van der Waals surface area contributed by atoms with E-state index >= 15 is 0 Å². The molecule has 0 atom stereocenters. The molecule has 0 bridgehead atoms. The Morgan fingerprint density at radius 1 is 1.11 bits per heavy atom. The van der Waals surface area contributed by atoms with E-state index in [4.69, 9.17) is 11.6 Å². The number of aromatic nitrogens is 2. The van der Waals surface area contributed by atoms with Crippen LogP contribution in [0.15, 0.2) is 48.5 Å². The van der Waals surface area contributed by atoms with E-state index < -0.39 is 10.8 Å². The Kier molecular flexibility index (Phi) is 5.92. The second-order valence-corrected chi connectivity index (χ2v) is 6.68. The molecule has 2 amide bonds. The Hall–Kier alpha value is -3.37. The van der Waals surface area contributed by atoms with Crippen molar-refractivity contribution in [3.05, 3.63) is 64.2 Å². The van der Waals surface area contributed by atoms with Crippen molar-refractivity contribution in [2.75, 3.05) is 16.5 Å². The van der Waals surface area contributed by atoms with E-state index in [1.165, 1.54) is 18.2 Å². The second kappa shape index (κ2) is 8.55. The molecule has 0 spiro atoms. The first-order chi connectivity index (χ1) is 13.5. The molecule has 2 N–H and O–H groups in total. The molecule has 0 aliphatic rings. The van der Waals surface area contributed by atoms with E-state index in [-0.39, 0.29) is 22.6 Å². The zero-order chi connectivity index (χ0) is 20.1. The zero-order valence-corrected chi connectivity index (χ0v) is 15.7. The molecule has 28 heavy (non-hydrogen) atoms. The minimum Gasteiger partial charge on any atom is -0.325 e.